The van der Waals surface area contributed by atoms with Gasteiger partial charge >= 0.3 is 5.69 Å². The highest BCUT2D eigenvalue weighted by molar-refractivity contribution is 5.95. The van der Waals surface area contributed by atoms with Gasteiger partial charge in [0.1, 0.15) is 11.9 Å². The molecule has 13 heteroatoms. The molecule has 0 saturated heterocycles. The Morgan fingerprint density at radius 1 is 1.26 bits per heavy atom. The molecule has 0 spiro atoms. The third kappa shape index (κ3) is 5.78. The number of aliphatic carboxylic acids is 1. The summed E-state index contributed by atoms with van der Waals surface area (Å²) in [4.78, 5) is 32.8. The largest absolute Gasteiger partial charge is 0.493 e. The minimum atomic E-state index is -0.833. The van der Waals surface area contributed by atoms with Crippen LogP contribution in [0.15, 0.2) is 59.7 Å². The van der Waals surface area contributed by atoms with Gasteiger partial charge in [0.15, 0.2) is 17.3 Å². The molecule has 4 aromatic rings. The van der Waals surface area contributed by atoms with Crippen LogP contribution in [0.1, 0.15) is 35.5 Å². The van der Waals surface area contributed by atoms with Crippen LogP contribution in [0.3, 0.4) is 0 Å². The number of amidine groups is 1. The summed E-state index contributed by atoms with van der Waals surface area (Å²) in [5.41, 5.74) is 8.31. The summed E-state index contributed by atoms with van der Waals surface area (Å²) < 4.78 is 12.4. The van der Waals surface area contributed by atoms with E-state index in [9.17, 15) is 4.79 Å². The Morgan fingerprint density at radius 2 is 1.95 bits per heavy atom. The molecule has 0 radical (unpaired) electrons. The maximum Gasteiger partial charge on any atom is 0.350 e. The third-order valence-corrected chi connectivity index (χ3v) is 5.48. The molecule has 0 saturated carbocycles. The number of nitrogen functional groups attached to an aromatic ring is 1. The number of methoxy groups -OCH3 is 1. The predicted molar refractivity (Wildman–Crippen MR) is 138 cm³/mol. The van der Waals surface area contributed by atoms with Crippen LogP contribution < -0.4 is 26.2 Å². The number of nitrogens with two attached hydrogens (primary N) is 1. The van der Waals surface area contributed by atoms with E-state index >= 15 is 0 Å². The third-order valence-electron chi connectivity index (χ3n) is 5.48. The number of nitrogens with zero attached hydrogens (tertiary/aromatic N) is 4. The van der Waals surface area contributed by atoms with E-state index < -0.39 is 17.7 Å². The fraction of sp³-hybridized carbons (Fsp3) is 0.200. The van der Waals surface area contributed by atoms with Crippen molar-refractivity contribution in [2.24, 2.45) is 5.73 Å². The van der Waals surface area contributed by atoms with Gasteiger partial charge in [-0.25, -0.2) is 14.8 Å². The lowest BCUT2D eigenvalue weighted by atomic mass is 10.0. The number of aromatic amines is 1. The molecule has 2 aromatic heterocycles. The standard InChI is InChI=1S/C23H22N8O3.C2H4O2/c1-33-17-12-15(11-14-7-10-34-19(14)17)18(28-16-5-3-13(4-6-16)20(24)25)21-29-23(32)31(30-21)22-26-8-2-9-27-22;1-2(3)4/h2-6,8-9,11-12,18,28H,7,10H2,1H3,(H3,24,25)(H,29,30,32);1H3,(H,3,4)/t18-;/m0./s1. The zero-order chi connectivity index (χ0) is 27.2. The molecule has 196 valence electrons. The zero-order valence-electron chi connectivity index (χ0n) is 20.6. The number of H-pyrrole nitrogens is 1. The van der Waals surface area contributed by atoms with Crippen molar-refractivity contribution in [3.05, 3.63) is 87.9 Å². The Labute approximate surface area is 216 Å². The molecule has 3 heterocycles. The summed E-state index contributed by atoms with van der Waals surface area (Å²) >= 11 is 0. The van der Waals surface area contributed by atoms with Crippen LogP contribution in [0.2, 0.25) is 0 Å². The van der Waals surface area contributed by atoms with Crippen molar-refractivity contribution in [2.75, 3.05) is 19.0 Å². The summed E-state index contributed by atoms with van der Waals surface area (Å²) in [6, 6.07) is 12.1. The number of nitrogens with one attached hydrogen (secondary N) is 3. The van der Waals surface area contributed by atoms with Crippen molar-refractivity contribution in [3.63, 3.8) is 0 Å². The predicted octanol–water partition coefficient (Wildman–Crippen LogP) is 1.87. The maximum absolute atomic E-state index is 12.7. The van der Waals surface area contributed by atoms with Gasteiger partial charge in [0.25, 0.3) is 11.9 Å². The van der Waals surface area contributed by atoms with E-state index in [1.54, 1.807) is 37.7 Å². The first kappa shape index (κ1) is 25.9. The van der Waals surface area contributed by atoms with E-state index in [0.717, 1.165) is 40.6 Å². The van der Waals surface area contributed by atoms with Crippen molar-refractivity contribution in [2.45, 2.75) is 19.4 Å². The van der Waals surface area contributed by atoms with Gasteiger partial charge in [-0.3, -0.25) is 15.2 Å². The van der Waals surface area contributed by atoms with E-state index in [1.807, 2.05) is 24.3 Å². The normalized spacial score (nSPS) is 12.4. The van der Waals surface area contributed by atoms with Crippen LogP contribution in [0.25, 0.3) is 5.95 Å². The molecule has 0 amide bonds. The van der Waals surface area contributed by atoms with Gasteiger partial charge in [-0.05, 0) is 48.0 Å². The number of carbonyl (C=O) groups is 1. The molecular formula is C25H26N8O5. The molecule has 0 fully saturated rings. The fourth-order valence-electron chi connectivity index (χ4n) is 3.84. The number of rotatable bonds is 7. The lowest BCUT2D eigenvalue weighted by Crippen LogP contribution is -2.18. The summed E-state index contributed by atoms with van der Waals surface area (Å²) in [6.45, 7) is 1.66. The van der Waals surface area contributed by atoms with Crippen molar-refractivity contribution in [1.29, 1.82) is 5.41 Å². The molecule has 2 aromatic carbocycles. The minimum absolute atomic E-state index is 0.0163. The Hall–Kier alpha value is -5.20. The highest BCUT2D eigenvalue weighted by atomic mass is 16.5. The molecule has 0 bridgehead atoms. The molecule has 6 N–H and O–H groups in total. The summed E-state index contributed by atoms with van der Waals surface area (Å²) in [5.74, 6) is 1.02. The van der Waals surface area contributed by atoms with E-state index in [-0.39, 0.29) is 11.8 Å². The number of ether oxygens (including phenoxy) is 2. The Kier molecular flexibility index (Phi) is 7.66. The summed E-state index contributed by atoms with van der Waals surface area (Å²) in [6.07, 6.45) is 3.84. The van der Waals surface area contributed by atoms with E-state index in [4.69, 9.17) is 30.5 Å². The molecular weight excluding hydrogens is 492 g/mol. The lowest BCUT2D eigenvalue weighted by molar-refractivity contribution is -0.134. The second-order valence-corrected chi connectivity index (χ2v) is 8.17. The van der Waals surface area contributed by atoms with Gasteiger partial charge in [-0.1, -0.05) is 0 Å². The SMILES string of the molecule is CC(=O)O.COc1cc([C@H](Nc2ccc(C(=N)N)cc2)c2nn(-c3ncccn3)c(=O)[nH]2)cc2c1OCC2. The smallest absolute Gasteiger partial charge is 0.350 e. The van der Waals surface area contributed by atoms with Gasteiger partial charge in [-0.2, -0.15) is 0 Å². The number of hydrogen-bond acceptors (Lipinski definition) is 9. The molecule has 0 unspecified atom stereocenters. The van der Waals surface area contributed by atoms with Crippen molar-refractivity contribution >= 4 is 17.5 Å². The average molecular weight is 519 g/mol. The average Bonchev–Trinajstić information content (AvgIpc) is 3.53. The van der Waals surface area contributed by atoms with Crippen LogP contribution in [-0.4, -0.2) is 55.4 Å². The van der Waals surface area contributed by atoms with Gasteiger partial charge < -0.3 is 25.6 Å². The zero-order valence-corrected chi connectivity index (χ0v) is 20.6. The number of aromatic nitrogens is 5. The molecule has 13 nitrogen and oxygen atoms in total. The number of anilines is 1. The summed E-state index contributed by atoms with van der Waals surface area (Å²) in [5, 5.41) is 22.9. The number of fused-ring (bicyclic) bond motifs is 1. The van der Waals surface area contributed by atoms with E-state index in [0.29, 0.717) is 23.7 Å². The summed E-state index contributed by atoms with van der Waals surface area (Å²) in [7, 11) is 1.59. The van der Waals surface area contributed by atoms with Crippen LogP contribution in [0.4, 0.5) is 5.69 Å². The second kappa shape index (κ2) is 11.2. The van der Waals surface area contributed by atoms with Crippen LogP contribution in [0.5, 0.6) is 11.5 Å². The molecule has 1 aliphatic rings. The Morgan fingerprint density at radius 3 is 2.58 bits per heavy atom. The van der Waals surface area contributed by atoms with Crippen molar-refractivity contribution in [1.82, 2.24) is 24.7 Å². The van der Waals surface area contributed by atoms with Crippen LogP contribution in [-0.2, 0) is 11.2 Å². The van der Waals surface area contributed by atoms with Gasteiger partial charge in [0.2, 0.25) is 0 Å². The molecule has 38 heavy (non-hydrogen) atoms. The Balaban J connectivity index is 0.000000786. The topological polar surface area (TPSA) is 194 Å². The number of hydrogen-bond donors (Lipinski definition) is 5. The molecule has 0 aliphatic carbocycles. The van der Waals surface area contributed by atoms with Crippen molar-refractivity contribution < 1.29 is 19.4 Å². The first-order valence-electron chi connectivity index (χ1n) is 11.5. The second-order valence-electron chi connectivity index (χ2n) is 8.17. The molecule has 1 aliphatic heterocycles. The highest BCUT2D eigenvalue weighted by Gasteiger charge is 2.26. The maximum atomic E-state index is 12.7. The monoisotopic (exact) mass is 518 g/mol. The van der Waals surface area contributed by atoms with Gasteiger partial charge in [0, 0.05) is 42.6 Å². The Bertz CT molecular complexity index is 1490. The first-order valence-corrected chi connectivity index (χ1v) is 11.5. The lowest BCUT2D eigenvalue weighted by Gasteiger charge is -2.20. The van der Waals surface area contributed by atoms with Gasteiger partial charge in [0.05, 0.1) is 13.7 Å². The van der Waals surface area contributed by atoms with Crippen LogP contribution in [0, 0.1) is 5.41 Å². The molecule has 1 atom stereocenters. The van der Waals surface area contributed by atoms with E-state index in [1.165, 1.54) is 0 Å². The van der Waals surface area contributed by atoms with Gasteiger partial charge in [-0.15, -0.1) is 9.78 Å². The number of benzene rings is 2. The first-order chi connectivity index (χ1) is 18.3. The highest BCUT2D eigenvalue weighted by Crippen LogP contribution is 2.39. The van der Waals surface area contributed by atoms with E-state index in [2.05, 4.69) is 25.4 Å². The fourth-order valence-corrected chi connectivity index (χ4v) is 3.84. The number of carboxylic acids is 1. The van der Waals surface area contributed by atoms with Crippen molar-refractivity contribution in [3.8, 4) is 17.4 Å². The van der Waals surface area contributed by atoms with Crippen LogP contribution >= 0.6 is 0 Å². The quantitative estimate of drug-likeness (QED) is 0.178. The minimum Gasteiger partial charge on any atom is -0.493 e. The molecule has 5 rings (SSSR count). The number of carboxylic acid groups (broad SMARTS) is 1.